The van der Waals surface area contributed by atoms with E-state index < -0.39 is 0 Å². The molecule has 1 heterocycles. The highest BCUT2D eigenvalue weighted by molar-refractivity contribution is 6.34. The van der Waals surface area contributed by atoms with Gasteiger partial charge in [-0.3, -0.25) is 4.79 Å². The number of hydrogen-bond donors (Lipinski definition) is 0. The van der Waals surface area contributed by atoms with Gasteiger partial charge in [0.15, 0.2) is 0 Å². The Morgan fingerprint density at radius 1 is 1.07 bits per heavy atom. The lowest BCUT2D eigenvalue weighted by atomic mass is 9.96. The normalized spacial score (nSPS) is 12.0. The Morgan fingerprint density at radius 3 is 2.46 bits per heavy atom. The van der Waals surface area contributed by atoms with Crippen molar-refractivity contribution in [3.8, 4) is 0 Å². The van der Waals surface area contributed by atoms with Gasteiger partial charge in [-0.2, -0.15) is 0 Å². The molecule has 0 N–H and O–H groups in total. The number of nitrogens with zero attached hydrogens (tertiary/aromatic N) is 2. The first-order valence-electron chi connectivity index (χ1n) is 9.20. The van der Waals surface area contributed by atoms with Gasteiger partial charge >= 0.3 is 5.97 Å². The van der Waals surface area contributed by atoms with Crippen LogP contribution in [0.4, 0.5) is 0 Å². The summed E-state index contributed by atoms with van der Waals surface area (Å²) in [7, 11) is 0. The number of halogens is 2. The average molecular weight is 417 g/mol. The van der Waals surface area contributed by atoms with Gasteiger partial charge in [0.2, 0.25) is 0 Å². The quantitative estimate of drug-likeness (QED) is 0.473. The molecule has 0 radical (unpaired) electrons. The molecule has 0 saturated carbocycles. The van der Waals surface area contributed by atoms with Gasteiger partial charge in [0, 0.05) is 35.4 Å². The van der Waals surface area contributed by atoms with Crippen molar-refractivity contribution < 1.29 is 9.53 Å². The third kappa shape index (κ3) is 5.60. The molecular formula is C22H22Cl2N2O2. The van der Waals surface area contributed by atoms with Crippen LogP contribution in [0.5, 0.6) is 0 Å². The minimum Gasteiger partial charge on any atom is -0.466 e. The molecular weight excluding hydrogens is 395 g/mol. The van der Waals surface area contributed by atoms with E-state index in [0.29, 0.717) is 36.0 Å². The minimum absolute atomic E-state index is 0.202. The maximum Gasteiger partial charge on any atom is 0.309 e. The largest absolute Gasteiger partial charge is 0.466 e. The molecule has 146 valence electrons. The molecule has 0 amide bonds. The molecule has 3 aromatic rings. The second-order valence-corrected chi connectivity index (χ2v) is 7.46. The molecule has 28 heavy (non-hydrogen) atoms. The van der Waals surface area contributed by atoms with E-state index in [1.807, 2.05) is 60.2 Å². The number of carbonyl (C=O) groups is 1. The summed E-state index contributed by atoms with van der Waals surface area (Å²) in [6, 6.07) is 15.4. The zero-order chi connectivity index (χ0) is 19.9. The van der Waals surface area contributed by atoms with Crippen molar-refractivity contribution in [1.29, 1.82) is 0 Å². The highest BCUT2D eigenvalue weighted by Gasteiger charge is 2.23. The van der Waals surface area contributed by atoms with Crippen molar-refractivity contribution in [1.82, 2.24) is 9.55 Å². The highest BCUT2D eigenvalue weighted by Crippen LogP contribution is 2.21. The predicted octanol–water partition coefficient (Wildman–Crippen LogP) is 5.20. The Labute approximate surface area is 175 Å². The molecule has 0 bridgehead atoms. The molecule has 1 unspecified atom stereocenters. The highest BCUT2D eigenvalue weighted by atomic mass is 35.5. The van der Waals surface area contributed by atoms with Crippen LogP contribution in [0.3, 0.4) is 0 Å². The van der Waals surface area contributed by atoms with Crippen molar-refractivity contribution >= 4 is 29.2 Å². The smallest absolute Gasteiger partial charge is 0.309 e. The van der Waals surface area contributed by atoms with Crippen LogP contribution in [-0.4, -0.2) is 22.1 Å². The van der Waals surface area contributed by atoms with E-state index in [2.05, 4.69) is 4.98 Å². The summed E-state index contributed by atoms with van der Waals surface area (Å²) in [6.45, 7) is 2.76. The fourth-order valence-corrected chi connectivity index (χ4v) is 3.76. The summed E-state index contributed by atoms with van der Waals surface area (Å²) in [5.74, 6) is 0.322. The molecule has 3 rings (SSSR count). The second kappa shape index (κ2) is 9.76. The SMILES string of the molecule is CCOC(=O)C(Cc1ccccc1)Cc1nccn1Cc1cc(Cl)cc(Cl)c1. The summed E-state index contributed by atoms with van der Waals surface area (Å²) in [5, 5.41) is 1.19. The number of ether oxygens (including phenoxy) is 1. The van der Waals surface area contributed by atoms with Crippen LogP contribution < -0.4 is 0 Å². The van der Waals surface area contributed by atoms with Gasteiger partial charge in [0.05, 0.1) is 12.5 Å². The van der Waals surface area contributed by atoms with Gasteiger partial charge in [-0.05, 0) is 42.7 Å². The van der Waals surface area contributed by atoms with E-state index in [0.717, 1.165) is 17.0 Å². The van der Waals surface area contributed by atoms with Crippen molar-refractivity contribution in [2.24, 2.45) is 5.92 Å². The predicted molar refractivity (Wildman–Crippen MR) is 112 cm³/mol. The second-order valence-electron chi connectivity index (χ2n) is 6.59. The van der Waals surface area contributed by atoms with Gasteiger partial charge in [-0.25, -0.2) is 4.98 Å². The van der Waals surface area contributed by atoms with Gasteiger partial charge in [0.25, 0.3) is 0 Å². The van der Waals surface area contributed by atoms with Crippen molar-refractivity contribution in [2.75, 3.05) is 6.61 Å². The number of aromatic nitrogens is 2. The monoisotopic (exact) mass is 416 g/mol. The molecule has 1 atom stereocenters. The molecule has 6 heteroatoms. The molecule has 1 aromatic heterocycles. The van der Waals surface area contributed by atoms with Crippen molar-refractivity contribution in [3.05, 3.63) is 87.9 Å². The Balaban J connectivity index is 1.79. The van der Waals surface area contributed by atoms with Crippen LogP contribution in [0.2, 0.25) is 10.0 Å². The third-order valence-electron chi connectivity index (χ3n) is 4.45. The van der Waals surface area contributed by atoms with E-state index in [-0.39, 0.29) is 11.9 Å². The zero-order valence-corrected chi connectivity index (χ0v) is 17.2. The maximum atomic E-state index is 12.5. The Morgan fingerprint density at radius 2 is 1.79 bits per heavy atom. The molecule has 0 aliphatic carbocycles. The number of carbonyl (C=O) groups excluding carboxylic acids is 1. The standard InChI is InChI=1S/C22H22Cl2N2O2/c1-2-28-22(27)18(10-16-6-4-3-5-7-16)13-21-25-8-9-26(21)15-17-11-19(23)14-20(24)12-17/h3-9,11-12,14,18H,2,10,13,15H2,1H3. The lowest BCUT2D eigenvalue weighted by molar-refractivity contribution is -0.148. The van der Waals surface area contributed by atoms with E-state index in [4.69, 9.17) is 27.9 Å². The van der Waals surface area contributed by atoms with Crippen LogP contribution >= 0.6 is 23.2 Å². The van der Waals surface area contributed by atoms with Gasteiger partial charge in [-0.1, -0.05) is 53.5 Å². The van der Waals surface area contributed by atoms with Crippen LogP contribution in [0.15, 0.2) is 60.9 Å². The van der Waals surface area contributed by atoms with E-state index in [1.165, 1.54) is 0 Å². The summed E-state index contributed by atoms with van der Waals surface area (Å²) in [6.07, 6.45) is 4.74. The Kier molecular flexibility index (Phi) is 7.12. The van der Waals surface area contributed by atoms with Gasteiger partial charge in [-0.15, -0.1) is 0 Å². The lowest BCUT2D eigenvalue weighted by Crippen LogP contribution is -2.24. The Hall–Kier alpha value is -2.30. The number of hydrogen-bond acceptors (Lipinski definition) is 3. The lowest BCUT2D eigenvalue weighted by Gasteiger charge is -2.17. The Bertz CT molecular complexity index is 905. The van der Waals surface area contributed by atoms with Gasteiger partial charge in [0.1, 0.15) is 5.82 Å². The fraction of sp³-hybridized carbons (Fsp3) is 0.273. The molecule has 2 aromatic carbocycles. The number of benzene rings is 2. The summed E-state index contributed by atoms with van der Waals surface area (Å²) < 4.78 is 7.32. The molecule has 0 fully saturated rings. The van der Waals surface area contributed by atoms with Crippen LogP contribution in [-0.2, 0) is 28.9 Å². The summed E-state index contributed by atoms with van der Waals surface area (Å²) in [5.41, 5.74) is 2.08. The molecule has 4 nitrogen and oxygen atoms in total. The number of rotatable bonds is 8. The number of esters is 1. The minimum atomic E-state index is -0.300. The van der Waals surface area contributed by atoms with Crippen molar-refractivity contribution in [2.45, 2.75) is 26.3 Å². The van der Waals surface area contributed by atoms with Crippen LogP contribution in [0, 0.1) is 5.92 Å². The topological polar surface area (TPSA) is 44.1 Å². The zero-order valence-electron chi connectivity index (χ0n) is 15.6. The molecule has 0 aliphatic heterocycles. The van der Waals surface area contributed by atoms with E-state index >= 15 is 0 Å². The first-order chi connectivity index (χ1) is 13.5. The van der Waals surface area contributed by atoms with Gasteiger partial charge < -0.3 is 9.30 Å². The average Bonchev–Trinajstić information content (AvgIpc) is 3.08. The maximum absolute atomic E-state index is 12.5. The summed E-state index contributed by atoms with van der Waals surface area (Å²) >= 11 is 12.2. The third-order valence-corrected chi connectivity index (χ3v) is 4.89. The van der Waals surface area contributed by atoms with Crippen LogP contribution in [0.25, 0.3) is 0 Å². The first-order valence-corrected chi connectivity index (χ1v) is 9.96. The molecule has 0 spiro atoms. The van der Waals surface area contributed by atoms with Crippen molar-refractivity contribution in [3.63, 3.8) is 0 Å². The first kappa shape index (κ1) is 20.4. The number of imidazole rings is 1. The fourth-order valence-electron chi connectivity index (χ4n) is 3.19. The van der Waals surface area contributed by atoms with Crippen LogP contribution in [0.1, 0.15) is 23.9 Å². The van der Waals surface area contributed by atoms with E-state index in [9.17, 15) is 4.79 Å². The molecule has 0 aliphatic rings. The van der Waals surface area contributed by atoms with E-state index in [1.54, 1.807) is 12.3 Å². The molecule has 0 saturated heterocycles. The summed E-state index contributed by atoms with van der Waals surface area (Å²) in [4.78, 5) is 17.0.